The summed E-state index contributed by atoms with van der Waals surface area (Å²) < 4.78 is 17.4. The van der Waals surface area contributed by atoms with E-state index in [1.54, 1.807) is 36.4 Å². The Morgan fingerprint density at radius 1 is 0.974 bits per heavy atom. The van der Waals surface area contributed by atoms with Crippen LogP contribution in [0.3, 0.4) is 0 Å². The molecule has 0 amide bonds. The van der Waals surface area contributed by atoms with Crippen LogP contribution in [0.4, 0.5) is 0 Å². The Morgan fingerprint density at radius 3 is 2.45 bits per heavy atom. The molecule has 0 bridgehead atoms. The van der Waals surface area contributed by atoms with Crippen LogP contribution in [0.1, 0.15) is 46.7 Å². The molecule has 0 saturated heterocycles. The molecule has 1 aliphatic carbocycles. The third-order valence-electron chi connectivity index (χ3n) is 6.84. The molecule has 2 atom stereocenters. The van der Waals surface area contributed by atoms with E-state index in [9.17, 15) is 19.8 Å². The molecule has 0 fully saturated rings. The Morgan fingerprint density at radius 2 is 1.71 bits per heavy atom. The van der Waals surface area contributed by atoms with Crippen molar-refractivity contribution in [3.63, 3.8) is 0 Å². The van der Waals surface area contributed by atoms with E-state index in [-0.39, 0.29) is 18.8 Å². The maximum absolute atomic E-state index is 13.6. The van der Waals surface area contributed by atoms with Gasteiger partial charge in [-0.05, 0) is 55.3 Å². The molecule has 0 spiro atoms. The Bertz CT molecular complexity index is 1500. The second-order valence-corrected chi connectivity index (χ2v) is 9.89. The normalized spacial score (nSPS) is 15.4. The van der Waals surface area contributed by atoms with Crippen molar-refractivity contribution >= 4 is 22.7 Å². The van der Waals surface area contributed by atoms with Gasteiger partial charge in [0.25, 0.3) is 0 Å². The summed E-state index contributed by atoms with van der Waals surface area (Å²) in [4.78, 5) is 26.0. The summed E-state index contributed by atoms with van der Waals surface area (Å²) in [6.45, 7) is 3.07. The molecule has 8 heteroatoms. The lowest BCUT2D eigenvalue weighted by atomic mass is 9.71. The zero-order valence-corrected chi connectivity index (χ0v) is 21.0. The molecule has 0 saturated carbocycles. The van der Waals surface area contributed by atoms with Crippen molar-refractivity contribution < 1.29 is 38.8 Å². The molecule has 0 aliphatic heterocycles. The van der Waals surface area contributed by atoms with Crippen LogP contribution < -0.4 is 9.47 Å². The zero-order chi connectivity index (χ0) is 27.0. The number of carbonyl (C=O) groups is 2. The van der Waals surface area contributed by atoms with Crippen LogP contribution in [0.25, 0.3) is 11.0 Å². The molecule has 1 heterocycles. The number of carbonyl (C=O) groups excluding carboxylic acids is 2. The smallest absolute Gasteiger partial charge is 0.315 e. The van der Waals surface area contributed by atoms with Crippen molar-refractivity contribution in [2.45, 2.75) is 37.9 Å². The van der Waals surface area contributed by atoms with E-state index in [1.165, 1.54) is 0 Å². The first-order chi connectivity index (χ1) is 18.2. The lowest BCUT2D eigenvalue weighted by molar-refractivity contribution is -0.133. The quantitative estimate of drug-likeness (QED) is 0.240. The summed E-state index contributed by atoms with van der Waals surface area (Å²) in [7, 11) is 0. The average molecular weight is 517 g/mol. The summed E-state index contributed by atoms with van der Waals surface area (Å²) in [5.74, 6) is 0.627. The third kappa shape index (κ3) is 4.69. The van der Waals surface area contributed by atoms with Gasteiger partial charge in [-0.2, -0.15) is 0 Å². The highest BCUT2D eigenvalue weighted by molar-refractivity contribution is 6.19. The number of ether oxygens (including phenoxy) is 2. The largest absolute Gasteiger partial charge is 0.491 e. The summed E-state index contributed by atoms with van der Waals surface area (Å²) in [5.41, 5.74) is 2.25. The second-order valence-electron chi connectivity index (χ2n) is 9.89. The molecule has 8 nitrogen and oxygen atoms in total. The van der Waals surface area contributed by atoms with Gasteiger partial charge in [0.15, 0.2) is 5.78 Å². The van der Waals surface area contributed by atoms with Gasteiger partial charge in [-0.25, -0.2) is 0 Å². The Hall–Kier alpha value is -3.98. The maximum Gasteiger partial charge on any atom is 0.315 e. The zero-order valence-electron chi connectivity index (χ0n) is 21.0. The molecule has 3 aromatic carbocycles. The van der Waals surface area contributed by atoms with E-state index in [0.717, 1.165) is 5.56 Å². The molecule has 1 aliphatic rings. The summed E-state index contributed by atoms with van der Waals surface area (Å²) in [6.07, 6.45) is -2.44. The monoisotopic (exact) mass is 516 g/mol. The molecular formula is C30H28O8. The number of aliphatic hydroxyl groups is 3. The third-order valence-corrected chi connectivity index (χ3v) is 6.84. The van der Waals surface area contributed by atoms with Gasteiger partial charge < -0.3 is 29.2 Å². The fourth-order valence-electron chi connectivity index (χ4n) is 4.74. The minimum atomic E-state index is -1.31. The fourth-order valence-corrected chi connectivity index (χ4v) is 4.74. The number of aliphatic hydroxyl groups excluding tert-OH is 3. The standard InChI is InChI=1S/C30H28O8/c1-30(2)22-13-18(36-16-24(33)23(32)15-31)8-10-20(22)28(35)27-21-11-9-19(14-25(21)38-29(27)30)37-26(34)12-17-6-4-3-5-7-17/h3-11,13-14,23-24,31-33H,12,15-16H2,1-2H3/t23-,24-/m1/s1. The molecule has 3 N–H and O–H groups in total. The van der Waals surface area contributed by atoms with Gasteiger partial charge in [0.1, 0.15) is 41.7 Å². The first-order valence-corrected chi connectivity index (χ1v) is 12.3. The van der Waals surface area contributed by atoms with Crippen molar-refractivity contribution in [2.75, 3.05) is 13.2 Å². The van der Waals surface area contributed by atoms with Gasteiger partial charge in [-0.1, -0.05) is 30.3 Å². The first-order valence-electron chi connectivity index (χ1n) is 12.3. The highest BCUT2D eigenvalue weighted by Gasteiger charge is 2.42. The number of benzene rings is 3. The van der Waals surface area contributed by atoms with E-state index in [2.05, 4.69) is 0 Å². The minimum absolute atomic E-state index is 0.134. The first kappa shape index (κ1) is 25.7. The average Bonchev–Trinajstić information content (AvgIpc) is 3.30. The van der Waals surface area contributed by atoms with Crippen molar-refractivity contribution in [1.29, 1.82) is 0 Å². The van der Waals surface area contributed by atoms with Gasteiger partial charge in [0.2, 0.25) is 0 Å². The fraction of sp³-hybridized carbons (Fsp3) is 0.267. The number of rotatable bonds is 8. The number of fused-ring (bicyclic) bond motifs is 4. The van der Waals surface area contributed by atoms with Crippen LogP contribution in [-0.4, -0.2) is 52.5 Å². The van der Waals surface area contributed by atoms with Gasteiger partial charge in [-0.15, -0.1) is 0 Å². The maximum atomic E-state index is 13.6. The second kappa shape index (κ2) is 10.1. The Kier molecular flexibility index (Phi) is 6.79. The molecule has 196 valence electrons. The van der Waals surface area contributed by atoms with Gasteiger partial charge in [0, 0.05) is 22.4 Å². The van der Waals surface area contributed by atoms with Gasteiger partial charge >= 0.3 is 5.97 Å². The van der Waals surface area contributed by atoms with Crippen molar-refractivity contribution in [2.24, 2.45) is 0 Å². The van der Waals surface area contributed by atoms with Crippen LogP contribution in [0.5, 0.6) is 11.5 Å². The van der Waals surface area contributed by atoms with Crippen molar-refractivity contribution in [1.82, 2.24) is 0 Å². The van der Waals surface area contributed by atoms with Crippen LogP contribution in [-0.2, 0) is 16.6 Å². The highest BCUT2D eigenvalue weighted by Crippen LogP contribution is 2.46. The van der Waals surface area contributed by atoms with Gasteiger partial charge in [0.05, 0.1) is 18.6 Å². The van der Waals surface area contributed by atoms with Crippen LogP contribution >= 0.6 is 0 Å². The Balaban J connectivity index is 1.42. The molecule has 5 rings (SSSR count). The SMILES string of the molecule is CC1(C)c2cc(OC[C@@H](O)[C@H](O)CO)ccc2C(=O)c2c1oc1cc(OC(=O)Cc3ccccc3)ccc21. The van der Waals surface area contributed by atoms with Gasteiger partial charge in [-0.3, -0.25) is 9.59 Å². The summed E-state index contributed by atoms with van der Waals surface area (Å²) in [6, 6.07) is 19.3. The lowest BCUT2D eigenvalue weighted by Gasteiger charge is -2.31. The van der Waals surface area contributed by atoms with E-state index in [0.29, 0.717) is 44.9 Å². The van der Waals surface area contributed by atoms with E-state index < -0.39 is 30.2 Å². The molecule has 0 radical (unpaired) electrons. The number of hydrogen-bond donors (Lipinski definition) is 3. The predicted molar refractivity (Wildman–Crippen MR) is 139 cm³/mol. The van der Waals surface area contributed by atoms with Crippen LogP contribution in [0.2, 0.25) is 0 Å². The predicted octanol–water partition coefficient (Wildman–Crippen LogP) is 3.54. The lowest BCUT2D eigenvalue weighted by Crippen LogP contribution is -2.34. The molecule has 0 unspecified atom stereocenters. The Labute approximate surface area is 219 Å². The van der Waals surface area contributed by atoms with Crippen molar-refractivity contribution in [3.05, 3.63) is 94.7 Å². The minimum Gasteiger partial charge on any atom is -0.491 e. The highest BCUT2D eigenvalue weighted by atomic mass is 16.5. The number of esters is 1. The number of ketones is 1. The molecule has 1 aromatic heterocycles. The summed E-state index contributed by atoms with van der Waals surface area (Å²) >= 11 is 0. The summed E-state index contributed by atoms with van der Waals surface area (Å²) in [5, 5.41) is 29.1. The van der Waals surface area contributed by atoms with Crippen LogP contribution in [0.15, 0.2) is 71.1 Å². The van der Waals surface area contributed by atoms with E-state index >= 15 is 0 Å². The molecule has 38 heavy (non-hydrogen) atoms. The number of furan rings is 1. The number of hydrogen-bond acceptors (Lipinski definition) is 8. The van der Waals surface area contributed by atoms with Crippen LogP contribution in [0, 0.1) is 0 Å². The van der Waals surface area contributed by atoms with Crippen molar-refractivity contribution in [3.8, 4) is 11.5 Å². The van der Waals surface area contributed by atoms with E-state index in [4.69, 9.17) is 19.0 Å². The van der Waals surface area contributed by atoms with E-state index in [1.807, 2.05) is 44.2 Å². The molecule has 4 aromatic rings. The molecular weight excluding hydrogens is 488 g/mol. The topological polar surface area (TPSA) is 126 Å².